The molecule has 0 saturated carbocycles. The van der Waals surface area contributed by atoms with Crippen LogP contribution in [0.1, 0.15) is 29.2 Å². The molecule has 1 amide bonds. The number of hydrogen-bond donors (Lipinski definition) is 1. The molecule has 1 fully saturated rings. The smallest absolute Gasteiger partial charge is 0.234 e. The fraction of sp³-hybridized carbons (Fsp3) is 0.444. The molecule has 23 heavy (non-hydrogen) atoms. The quantitative estimate of drug-likeness (QED) is 0.916. The number of hydrogen-bond acceptors (Lipinski definition) is 3. The first kappa shape index (κ1) is 15.7. The monoisotopic (exact) mass is 312 g/mol. The largest absolute Gasteiger partial charge is 0.351 e. The standard InChI is InChI=1S/C18H24N4O/c1-14-17(11-20-21(14)2)10-19-18(23)13-22-9-8-16(12-22)15-6-4-3-5-7-15/h3-7,11,16H,8-10,12-13H2,1-2H3,(H,19,23). The number of amides is 1. The number of nitrogens with one attached hydrogen (secondary N) is 1. The van der Waals surface area contributed by atoms with E-state index in [1.54, 1.807) is 0 Å². The Balaban J connectivity index is 1.47. The molecule has 5 heteroatoms. The van der Waals surface area contributed by atoms with E-state index in [0.717, 1.165) is 30.8 Å². The van der Waals surface area contributed by atoms with Crippen molar-refractivity contribution < 1.29 is 4.79 Å². The van der Waals surface area contributed by atoms with E-state index in [1.165, 1.54) is 5.56 Å². The van der Waals surface area contributed by atoms with Gasteiger partial charge in [0.15, 0.2) is 0 Å². The highest BCUT2D eigenvalue weighted by molar-refractivity contribution is 5.78. The first-order valence-electron chi connectivity index (χ1n) is 8.15. The summed E-state index contributed by atoms with van der Waals surface area (Å²) in [5.74, 6) is 0.631. The van der Waals surface area contributed by atoms with Gasteiger partial charge < -0.3 is 5.32 Å². The van der Waals surface area contributed by atoms with Gasteiger partial charge in [-0.1, -0.05) is 30.3 Å². The fourth-order valence-electron chi connectivity index (χ4n) is 3.14. The predicted octanol–water partition coefficient (Wildman–Crippen LogP) is 1.83. The number of likely N-dealkylation sites (tertiary alicyclic amines) is 1. The molecule has 1 aromatic heterocycles. The van der Waals surface area contributed by atoms with Crippen molar-refractivity contribution in [3.05, 3.63) is 53.3 Å². The molecule has 1 aliphatic heterocycles. The average Bonchev–Trinajstić information content (AvgIpc) is 3.15. The number of carbonyl (C=O) groups excluding carboxylic acids is 1. The van der Waals surface area contributed by atoms with Gasteiger partial charge in [-0.2, -0.15) is 5.10 Å². The molecule has 2 aromatic rings. The van der Waals surface area contributed by atoms with E-state index in [0.29, 0.717) is 19.0 Å². The van der Waals surface area contributed by atoms with Crippen LogP contribution < -0.4 is 5.32 Å². The van der Waals surface area contributed by atoms with Crippen molar-refractivity contribution in [2.75, 3.05) is 19.6 Å². The lowest BCUT2D eigenvalue weighted by atomic mass is 9.99. The predicted molar refractivity (Wildman–Crippen MR) is 90.0 cm³/mol. The summed E-state index contributed by atoms with van der Waals surface area (Å²) in [6.45, 7) is 4.98. The Morgan fingerprint density at radius 3 is 2.83 bits per heavy atom. The summed E-state index contributed by atoms with van der Waals surface area (Å²) in [4.78, 5) is 14.4. The fourth-order valence-corrected chi connectivity index (χ4v) is 3.14. The number of benzene rings is 1. The van der Waals surface area contributed by atoms with Crippen molar-refractivity contribution in [1.29, 1.82) is 0 Å². The Hall–Kier alpha value is -2.14. The van der Waals surface area contributed by atoms with Crippen LogP contribution in [0.2, 0.25) is 0 Å². The van der Waals surface area contributed by atoms with E-state index >= 15 is 0 Å². The Kier molecular flexibility index (Phi) is 4.76. The average molecular weight is 312 g/mol. The highest BCUT2D eigenvalue weighted by Gasteiger charge is 2.24. The van der Waals surface area contributed by atoms with E-state index < -0.39 is 0 Å². The van der Waals surface area contributed by atoms with Gasteiger partial charge in [-0.3, -0.25) is 14.4 Å². The van der Waals surface area contributed by atoms with Crippen LogP contribution in [0.3, 0.4) is 0 Å². The molecule has 0 bridgehead atoms. The molecular formula is C18H24N4O. The van der Waals surface area contributed by atoms with Crippen LogP contribution in [-0.4, -0.2) is 40.2 Å². The SMILES string of the molecule is Cc1c(CNC(=O)CN2CCC(c3ccccc3)C2)cnn1C. The molecule has 1 aliphatic rings. The van der Waals surface area contributed by atoms with Gasteiger partial charge in [0.05, 0.1) is 12.7 Å². The van der Waals surface area contributed by atoms with Gasteiger partial charge in [-0.25, -0.2) is 0 Å². The topological polar surface area (TPSA) is 50.2 Å². The van der Waals surface area contributed by atoms with E-state index in [2.05, 4.69) is 39.6 Å². The van der Waals surface area contributed by atoms with Crippen LogP contribution in [0.5, 0.6) is 0 Å². The van der Waals surface area contributed by atoms with E-state index in [-0.39, 0.29) is 5.91 Å². The molecule has 5 nitrogen and oxygen atoms in total. The summed E-state index contributed by atoms with van der Waals surface area (Å²) in [5, 5.41) is 7.20. The van der Waals surface area contributed by atoms with Crippen LogP contribution in [0, 0.1) is 6.92 Å². The van der Waals surface area contributed by atoms with Gasteiger partial charge in [0, 0.05) is 31.4 Å². The Morgan fingerprint density at radius 1 is 1.35 bits per heavy atom. The van der Waals surface area contributed by atoms with E-state index in [4.69, 9.17) is 0 Å². The molecule has 0 radical (unpaired) electrons. The summed E-state index contributed by atoms with van der Waals surface area (Å²) in [7, 11) is 1.91. The van der Waals surface area contributed by atoms with Crippen molar-refractivity contribution in [1.82, 2.24) is 20.0 Å². The summed E-state index contributed by atoms with van der Waals surface area (Å²) >= 11 is 0. The maximum absolute atomic E-state index is 12.2. The minimum Gasteiger partial charge on any atom is -0.351 e. The highest BCUT2D eigenvalue weighted by atomic mass is 16.2. The van der Waals surface area contributed by atoms with Gasteiger partial charge >= 0.3 is 0 Å². The number of aryl methyl sites for hydroxylation is 1. The number of carbonyl (C=O) groups is 1. The van der Waals surface area contributed by atoms with Crippen LogP contribution >= 0.6 is 0 Å². The molecule has 1 saturated heterocycles. The maximum Gasteiger partial charge on any atom is 0.234 e. The van der Waals surface area contributed by atoms with E-state index in [1.807, 2.05) is 30.9 Å². The molecule has 1 aromatic carbocycles. The molecule has 1 unspecified atom stereocenters. The summed E-state index contributed by atoms with van der Waals surface area (Å²) < 4.78 is 1.83. The number of nitrogens with zero attached hydrogens (tertiary/aromatic N) is 3. The van der Waals surface area contributed by atoms with Crippen LogP contribution in [-0.2, 0) is 18.4 Å². The lowest BCUT2D eigenvalue weighted by molar-refractivity contribution is -0.122. The Morgan fingerprint density at radius 2 is 2.13 bits per heavy atom. The third kappa shape index (κ3) is 3.79. The second kappa shape index (κ2) is 6.96. The van der Waals surface area contributed by atoms with Crippen molar-refractivity contribution in [2.45, 2.75) is 25.8 Å². The number of aromatic nitrogens is 2. The zero-order chi connectivity index (χ0) is 16.2. The van der Waals surface area contributed by atoms with Crippen molar-refractivity contribution in [3.8, 4) is 0 Å². The van der Waals surface area contributed by atoms with Crippen molar-refractivity contribution >= 4 is 5.91 Å². The minimum absolute atomic E-state index is 0.0852. The molecule has 1 N–H and O–H groups in total. The van der Waals surface area contributed by atoms with Gasteiger partial charge in [0.1, 0.15) is 0 Å². The summed E-state index contributed by atoms with van der Waals surface area (Å²) in [5.41, 5.74) is 3.54. The lowest BCUT2D eigenvalue weighted by Crippen LogP contribution is -2.35. The van der Waals surface area contributed by atoms with Crippen molar-refractivity contribution in [2.24, 2.45) is 7.05 Å². The highest BCUT2D eigenvalue weighted by Crippen LogP contribution is 2.26. The molecule has 3 rings (SSSR count). The molecule has 1 atom stereocenters. The minimum atomic E-state index is 0.0852. The Labute approximate surface area is 137 Å². The van der Waals surface area contributed by atoms with Crippen LogP contribution in [0.25, 0.3) is 0 Å². The van der Waals surface area contributed by atoms with E-state index in [9.17, 15) is 4.79 Å². The normalized spacial score (nSPS) is 18.3. The van der Waals surface area contributed by atoms with Crippen LogP contribution in [0.15, 0.2) is 36.5 Å². The summed E-state index contributed by atoms with van der Waals surface area (Å²) in [6.07, 6.45) is 2.94. The first-order valence-corrected chi connectivity index (χ1v) is 8.15. The maximum atomic E-state index is 12.2. The zero-order valence-electron chi connectivity index (χ0n) is 13.8. The van der Waals surface area contributed by atoms with Gasteiger partial charge in [0.2, 0.25) is 5.91 Å². The van der Waals surface area contributed by atoms with Gasteiger partial charge in [-0.05, 0) is 31.4 Å². The Bertz CT molecular complexity index is 665. The summed E-state index contributed by atoms with van der Waals surface area (Å²) in [6, 6.07) is 10.6. The lowest BCUT2D eigenvalue weighted by Gasteiger charge is -2.16. The van der Waals surface area contributed by atoms with Gasteiger partial charge in [-0.15, -0.1) is 0 Å². The van der Waals surface area contributed by atoms with Gasteiger partial charge in [0.25, 0.3) is 0 Å². The first-order chi connectivity index (χ1) is 11.1. The van der Waals surface area contributed by atoms with Crippen LogP contribution in [0.4, 0.5) is 0 Å². The molecule has 2 heterocycles. The molecule has 0 spiro atoms. The molecule has 122 valence electrons. The zero-order valence-corrected chi connectivity index (χ0v) is 13.8. The third-order valence-corrected chi connectivity index (χ3v) is 4.72. The molecule has 0 aliphatic carbocycles. The molecular weight excluding hydrogens is 288 g/mol. The number of rotatable bonds is 5. The van der Waals surface area contributed by atoms with Crippen molar-refractivity contribution in [3.63, 3.8) is 0 Å². The second-order valence-electron chi connectivity index (χ2n) is 6.29. The second-order valence-corrected chi connectivity index (χ2v) is 6.29. The third-order valence-electron chi connectivity index (χ3n) is 4.72.